The molecule has 0 bridgehead atoms. The molecule has 0 unspecified atom stereocenters. The molecule has 0 atom stereocenters. The highest BCUT2D eigenvalue weighted by Gasteiger charge is 2.12. The van der Waals surface area contributed by atoms with Gasteiger partial charge in [-0.05, 0) is 26.0 Å². The molecule has 2 aromatic rings. The fourth-order valence-electron chi connectivity index (χ4n) is 1.78. The Hall–Kier alpha value is -1.68. The van der Waals surface area contributed by atoms with E-state index in [-0.39, 0.29) is 11.9 Å². The van der Waals surface area contributed by atoms with Crippen LogP contribution in [0, 0.1) is 5.82 Å². The van der Waals surface area contributed by atoms with Crippen molar-refractivity contribution in [2.24, 2.45) is 5.73 Å². The van der Waals surface area contributed by atoms with E-state index in [0.29, 0.717) is 6.54 Å². The third-order valence-electron chi connectivity index (χ3n) is 2.63. The lowest BCUT2D eigenvalue weighted by atomic mass is 10.2. The standard InChI is InChI=1S/C13H16FN3/c1-9(2)17-8-12(7-15)16-13(17)10-4-3-5-11(14)6-10/h3-6,8-9H,7,15H2,1-2H3. The van der Waals surface area contributed by atoms with Gasteiger partial charge in [0.15, 0.2) is 0 Å². The number of aromatic nitrogens is 2. The van der Waals surface area contributed by atoms with Gasteiger partial charge in [0.25, 0.3) is 0 Å². The summed E-state index contributed by atoms with van der Waals surface area (Å²) >= 11 is 0. The molecule has 0 fully saturated rings. The number of nitrogens with two attached hydrogens (primary N) is 1. The smallest absolute Gasteiger partial charge is 0.140 e. The predicted molar refractivity (Wildman–Crippen MR) is 65.9 cm³/mol. The van der Waals surface area contributed by atoms with E-state index in [1.807, 2.05) is 16.8 Å². The van der Waals surface area contributed by atoms with Gasteiger partial charge in [-0.15, -0.1) is 0 Å². The van der Waals surface area contributed by atoms with E-state index in [2.05, 4.69) is 18.8 Å². The fraction of sp³-hybridized carbons (Fsp3) is 0.308. The summed E-state index contributed by atoms with van der Waals surface area (Å²) in [5.41, 5.74) is 7.18. The first-order chi connectivity index (χ1) is 8.11. The number of imidazole rings is 1. The molecule has 4 heteroatoms. The molecule has 0 radical (unpaired) electrons. The summed E-state index contributed by atoms with van der Waals surface area (Å²) < 4.78 is 15.2. The van der Waals surface area contributed by atoms with Crippen LogP contribution in [0.25, 0.3) is 11.4 Å². The average Bonchev–Trinajstić information content (AvgIpc) is 2.73. The van der Waals surface area contributed by atoms with Gasteiger partial charge >= 0.3 is 0 Å². The van der Waals surface area contributed by atoms with Crippen LogP contribution in [0.4, 0.5) is 4.39 Å². The van der Waals surface area contributed by atoms with E-state index in [0.717, 1.165) is 17.1 Å². The normalized spacial score (nSPS) is 11.1. The summed E-state index contributed by atoms with van der Waals surface area (Å²) in [5.74, 6) is 0.509. The number of rotatable bonds is 3. The van der Waals surface area contributed by atoms with Crippen molar-refractivity contribution >= 4 is 0 Å². The molecule has 1 aromatic heterocycles. The Kier molecular flexibility index (Phi) is 3.24. The third-order valence-corrected chi connectivity index (χ3v) is 2.63. The van der Waals surface area contributed by atoms with Crippen molar-refractivity contribution in [2.75, 3.05) is 0 Å². The van der Waals surface area contributed by atoms with Gasteiger partial charge in [-0.2, -0.15) is 0 Å². The Morgan fingerprint density at radius 3 is 2.76 bits per heavy atom. The van der Waals surface area contributed by atoms with Crippen molar-refractivity contribution < 1.29 is 4.39 Å². The highest BCUT2D eigenvalue weighted by atomic mass is 19.1. The largest absolute Gasteiger partial charge is 0.328 e. The maximum Gasteiger partial charge on any atom is 0.140 e. The second-order valence-corrected chi connectivity index (χ2v) is 4.27. The van der Waals surface area contributed by atoms with Crippen molar-refractivity contribution in [2.45, 2.75) is 26.4 Å². The average molecular weight is 233 g/mol. The fourth-order valence-corrected chi connectivity index (χ4v) is 1.78. The Labute approximate surface area is 100 Å². The van der Waals surface area contributed by atoms with Crippen LogP contribution in [-0.4, -0.2) is 9.55 Å². The summed E-state index contributed by atoms with van der Waals surface area (Å²) in [5, 5.41) is 0. The number of hydrogen-bond donors (Lipinski definition) is 1. The number of benzene rings is 1. The van der Waals surface area contributed by atoms with Crippen LogP contribution in [0.5, 0.6) is 0 Å². The molecule has 0 saturated carbocycles. The van der Waals surface area contributed by atoms with Gasteiger partial charge < -0.3 is 10.3 Å². The first kappa shape index (κ1) is 11.8. The molecule has 1 heterocycles. The van der Waals surface area contributed by atoms with Crippen molar-refractivity contribution in [1.29, 1.82) is 0 Å². The Morgan fingerprint density at radius 2 is 2.18 bits per heavy atom. The van der Waals surface area contributed by atoms with Gasteiger partial charge in [-0.3, -0.25) is 0 Å². The zero-order valence-electron chi connectivity index (χ0n) is 10.0. The number of halogens is 1. The molecular formula is C13H16FN3. The molecule has 0 saturated heterocycles. The summed E-state index contributed by atoms with van der Waals surface area (Å²) in [6.07, 6.45) is 1.92. The maximum absolute atomic E-state index is 13.2. The molecule has 0 aliphatic rings. The third kappa shape index (κ3) is 2.36. The van der Waals surface area contributed by atoms with Crippen LogP contribution in [0.15, 0.2) is 30.5 Å². The van der Waals surface area contributed by atoms with Gasteiger partial charge in [-0.1, -0.05) is 12.1 Å². The Morgan fingerprint density at radius 1 is 1.41 bits per heavy atom. The summed E-state index contributed by atoms with van der Waals surface area (Å²) in [7, 11) is 0. The van der Waals surface area contributed by atoms with E-state index in [1.54, 1.807) is 6.07 Å². The molecule has 2 N–H and O–H groups in total. The zero-order valence-corrected chi connectivity index (χ0v) is 10.0. The second-order valence-electron chi connectivity index (χ2n) is 4.27. The second kappa shape index (κ2) is 4.67. The highest BCUT2D eigenvalue weighted by Crippen LogP contribution is 2.23. The topological polar surface area (TPSA) is 43.8 Å². The first-order valence-electron chi connectivity index (χ1n) is 5.65. The summed E-state index contributed by atoms with van der Waals surface area (Å²) in [4.78, 5) is 4.43. The molecular weight excluding hydrogens is 217 g/mol. The zero-order chi connectivity index (χ0) is 12.4. The van der Waals surface area contributed by atoms with Gasteiger partial charge in [0, 0.05) is 24.3 Å². The van der Waals surface area contributed by atoms with E-state index in [9.17, 15) is 4.39 Å². The molecule has 1 aromatic carbocycles. The molecule has 90 valence electrons. The van der Waals surface area contributed by atoms with Crippen LogP contribution in [0.2, 0.25) is 0 Å². The van der Waals surface area contributed by atoms with Crippen LogP contribution in [-0.2, 0) is 6.54 Å². The summed E-state index contributed by atoms with van der Waals surface area (Å²) in [6.45, 7) is 4.51. The van der Waals surface area contributed by atoms with Gasteiger partial charge in [0.05, 0.1) is 5.69 Å². The molecule has 0 aliphatic heterocycles. The molecule has 2 rings (SSSR count). The molecule has 17 heavy (non-hydrogen) atoms. The number of hydrogen-bond acceptors (Lipinski definition) is 2. The Bertz CT molecular complexity index is 517. The van der Waals surface area contributed by atoms with Crippen LogP contribution in [0.3, 0.4) is 0 Å². The van der Waals surface area contributed by atoms with Crippen molar-refractivity contribution in [3.63, 3.8) is 0 Å². The van der Waals surface area contributed by atoms with Crippen LogP contribution >= 0.6 is 0 Å². The summed E-state index contributed by atoms with van der Waals surface area (Å²) in [6, 6.07) is 6.72. The number of nitrogens with zero attached hydrogens (tertiary/aromatic N) is 2. The van der Waals surface area contributed by atoms with Crippen molar-refractivity contribution in [1.82, 2.24) is 9.55 Å². The van der Waals surface area contributed by atoms with Gasteiger partial charge in [-0.25, -0.2) is 9.37 Å². The lowest BCUT2D eigenvalue weighted by Crippen LogP contribution is -2.01. The Balaban J connectivity index is 2.53. The predicted octanol–water partition coefficient (Wildman–Crippen LogP) is 2.73. The minimum atomic E-state index is -0.255. The monoisotopic (exact) mass is 233 g/mol. The maximum atomic E-state index is 13.2. The molecule has 0 spiro atoms. The minimum absolute atomic E-state index is 0.255. The molecule has 0 amide bonds. The highest BCUT2D eigenvalue weighted by molar-refractivity contribution is 5.56. The van der Waals surface area contributed by atoms with Crippen LogP contribution < -0.4 is 5.73 Å². The van der Waals surface area contributed by atoms with E-state index in [1.165, 1.54) is 12.1 Å². The van der Waals surface area contributed by atoms with Gasteiger partial charge in [0.2, 0.25) is 0 Å². The van der Waals surface area contributed by atoms with Gasteiger partial charge in [0.1, 0.15) is 11.6 Å². The quantitative estimate of drug-likeness (QED) is 0.885. The van der Waals surface area contributed by atoms with E-state index < -0.39 is 0 Å². The van der Waals surface area contributed by atoms with Crippen LogP contribution in [0.1, 0.15) is 25.6 Å². The lowest BCUT2D eigenvalue weighted by Gasteiger charge is -2.11. The molecule has 3 nitrogen and oxygen atoms in total. The lowest BCUT2D eigenvalue weighted by molar-refractivity contribution is 0.603. The molecule has 0 aliphatic carbocycles. The van der Waals surface area contributed by atoms with Crippen molar-refractivity contribution in [3.05, 3.63) is 42.0 Å². The van der Waals surface area contributed by atoms with Crippen molar-refractivity contribution in [3.8, 4) is 11.4 Å². The van der Waals surface area contributed by atoms with E-state index in [4.69, 9.17) is 5.73 Å². The van der Waals surface area contributed by atoms with E-state index >= 15 is 0 Å². The minimum Gasteiger partial charge on any atom is -0.328 e. The first-order valence-corrected chi connectivity index (χ1v) is 5.65. The SMILES string of the molecule is CC(C)n1cc(CN)nc1-c1cccc(F)c1.